The molecule has 6 heteroatoms. The number of quaternary nitrogens is 1. The number of rotatable bonds is 4. The van der Waals surface area contributed by atoms with Crippen molar-refractivity contribution >= 4 is 11.6 Å². The summed E-state index contributed by atoms with van der Waals surface area (Å²) in [5.41, 5.74) is 0.00548. The van der Waals surface area contributed by atoms with Crippen LogP contribution in [0.2, 0.25) is 0 Å². The number of halogens is 3. The lowest BCUT2D eigenvalue weighted by atomic mass is 9.79. The van der Waals surface area contributed by atoms with Crippen molar-refractivity contribution in [2.75, 3.05) is 25.0 Å². The number of benzene rings is 2. The summed E-state index contributed by atoms with van der Waals surface area (Å²) >= 11 is 0. The maximum Gasteiger partial charge on any atom is 0.422 e. The van der Waals surface area contributed by atoms with Gasteiger partial charge >= 0.3 is 12.1 Å². The SMILES string of the molecule is CC[N+](CC)(CC)C1=NC(c2ccc(C)cc2)(C(F)(F)F)c2cc(C)ccc2N1. The van der Waals surface area contributed by atoms with E-state index in [9.17, 15) is 13.2 Å². The minimum atomic E-state index is -4.59. The number of nitrogens with zero attached hydrogens (tertiary/aromatic N) is 2. The van der Waals surface area contributed by atoms with Crippen molar-refractivity contribution in [1.82, 2.24) is 0 Å². The van der Waals surface area contributed by atoms with Gasteiger partial charge in [-0.2, -0.15) is 18.2 Å². The second kappa shape index (κ2) is 7.48. The van der Waals surface area contributed by atoms with E-state index in [0.717, 1.165) is 11.1 Å². The van der Waals surface area contributed by atoms with Crippen LogP contribution in [0.1, 0.15) is 43.0 Å². The molecule has 0 spiro atoms. The van der Waals surface area contributed by atoms with Gasteiger partial charge in [0.25, 0.3) is 0 Å². The zero-order valence-corrected chi connectivity index (χ0v) is 17.7. The molecule has 1 aliphatic rings. The summed E-state index contributed by atoms with van der Waals surface area (Å²) < 4.78 is 45.1. The Morgan fingerprint density at radius 3 is 1.97 bits per heavy atom. The third-order valence-corrected chi connectivity index (χ3v) is 6.23. The molecule has 1 heterocycles. The Labute approximate surface area is 170 Å². The molecule has 0 saturated carbocycles. The molecule has 1 N–H and O–H groups in total. The van der Waals surface area contributed by atoms with Crippen molar-refractivity contribution in [1.29, 1.82) is 0 Å². The Morgan fingerprint density at radius 2 is 1.45 bits per heavy atom. The Bertz CT molecular complexity index is 904. The Hall–Kier alpha value is -2.34. The van der Waals surface area contributed by atoms with Gasteiger partial charge in [-0.3, -0.25) is 9.80 Å². The van der Waals surface area contributed by atoms with Gasteiger partial charge in [0.2, 0.25) is 5.54 Å². The third-order valence-electron chi connectivity index (χ3n) is 6.23. The van der Waals surface area contributed by atoms with E-state index in [1.54, 1.807) is 43.3 Å². The fourth-order valence-electron chi connectivity index (χ4n) is 4.17. The molecule has 3 nitrogen and oxygen atoms in total. The monoisotopic (exact) mass is 404 g/mol. The molecule has 2 aromatic carbocycles. The Kier molecular flexibility index (Phi) is 5.52. The van der Waals surface area contributed by atoms with Crippen molar-refractivity contribution < 1.29 is 17.7 Å². The minimum Gasteiger partial charge on any atom is -0.294 e. The third kappa shape index (κ3) is 3.33. The van der Waals surface area contributed by atoms with Crippen LogP contribution in [0.3, 0.4) is 0 Å². The number of hydrogen-bond donors (Lipinski definition) is 1. The highest BCUT2D eigenvalue weighted by Gasteiger charge is 2.61. The molecule has 2 aromatic rings. The summed E-state index contributed by atoms with van der Waals surface area (Å²) in [5.74, 6) is 0.367. The molecule has 1 unspecified atom stereocenters. The molecular formula is C23H29F3N3+. The standard InChI is InChI=1S/C23H29F3N3/c1-6-29(7-2,8-3)21-27-20-14-11-17(5)15-19(20)22(28-21,23(24,25)26)18-12-9-16(4)10-13-18/h9-15H,6-8H2,1-5H3,(H,27,28)/q+1. The second-order valence-electron chi connectivity index (χ2n) is 7.78. The summed E-state index contributed by atoms with van der Waals surface area (Å²) in [6.45, 7) is 11.6. The lowest BCUT2D eigenvalue weighted by Crippen LogP contribution is -2.59. The predicted octanol–water partition coefficient (Wildman–Crippen LogP) is 5.77. The fraction of sp³-hybridized carbons (Fsp3) is 0.435. The molecule has 0 radical (unpaired) electrons. The number of nitrogens with one attached hydrogen (secondary N) is 1. The molecule has 29 heavy (non-hydrogen) atoms. The molecule has 1 atom stereocenters. The van der Waals surface area contributed by atoms with Crippen molar-refractivity contribution in [2.24, 2.45) is 4.99 Å². The maximum absolute atomic E-state index is 14.9. The first-order valence-electron chi connectivity index (χ1n) is 10.1. The number of fused-ring (bicyclic) bond motifs is 1. The highest BCUT2D eigenvalue weighted by molar-refractivity contribution is 5.93. The number of aryl methyl sites for hydroxylation is 2. The molecule has 0 amide bonds. The van der Waals surface area contributed by atoms with E-state index in [1.165, 1.54) is 0 Å². The van der Waals surface area contributed by atoms with E-state index in [0.29, 0.717) is 35.8 Å². The van der Waals surface area contributed by atoms with Gasteiger partial charge in [0.05, 0.1) is 25.3 Å². The summed E-state index contributed by atoms with van der Waals surface area (Å²) in [7, 11) is 0. The van der Waals surface area contributed by atoms with Crippen LogP contribution in [-0.2, 0) is 5.54 Å². The van der Waals surface area contributed by atoms with E-state index in [4.69, 9.17) is 0 Å². The van der Waals surface area contributed by atoms with Crippen LogP contribution in [0, 0.1) is 13.8 Å². The average Bonchev–Trinajstić information content (AvgIpc) is 2.69. The quantitative estimate of drug-likeness (QED) is 0.643. The number of guanidine groups is 1. The molecule has 1 aliphatic heterocycles. The highest BCUT2D eigenvalue weighted by Crippen LogP contribution is 2.52. The van der Waals surface area contributed by atoms with Crippen LogP contribution in [0.25, 0.3) is 0 Å². The molecule has 156 valence electrons. The first-order chi connectivity index (χ1) is 13.6. The van der Waals surface area contributed by atoms with Crippen molar-refractivity contribution in [3.63, 3.8) is 0 Å². The van der Waals surface area contributed by atoms with Gasteiger partial charge in [-0.1, -0.05) is 47.5 Å². The van der Waals surface area contributed by atoms with Crippen molar-refractivity contribution in [2.45, 2.75) is 46.3 Å². The smallest absolute Gasteiger partial charge is 0.294 e. The van der Waals surface area contributed by atoms with Gasteiger partial charge in [0.15, 0.2) is 0 Å². The molecular weight excluding hydrogens is 375 g/mol. The van der Waals surface area contributed by atoms with E-state index in [1.807, 2.05) is 33.8 Å². The largest absolute Gasteiger partial charge is 0.422 e. The summed E-state index contributed by atoms with van der Waals surface area (Å²) in [4.78, 5) is 4.50. The van der Waals surface area contributed by atoms with Gasteiger partial charge < -0.3 is 0 Å². The molecule has 0 saturated heterocycles. The van der Waals surface area contributed by atoms with Gasteiger partial charge in [0.1, 0.15) is 0 Å². The van der Waals surface area contributed by atoms with Crippen molar-refractivity contribution in [3.8, 4) is 0 Å². The number of alkyl halides is 3. The van der Waals surface area contributed by atoms with Crippen LogP contribution < -0.4 is 5.32 Å². The van der Waals surface area contributed by atoms with E-state index < -0.39 is 11.7 Å². The summed E-state index contributed by atoms with van der Waals surface area (Å²) in [5, 5.41) is 3.25. The predicted molar refractivity (Wildman–Crippen MR) is 112 cm³/mol. The molecule has 0 aliphatic carbocycles. The number of hydrogen-bond acceptors (Lipinski definition) is 2. The van der Waals surface area contributed by atoms with Gasteiger partial charge in [-0.15, -0.1) is 0 Å². The second-order valence-corrected chi connectivity index (χ2v) is 7.78. The highest BCUT2D eigenvalue weighted by atomic mass is 19.4. The lowest BCUT2D eigenvalue weighted by molar-refractivity contribution is -0.836. The molecule has 0 fully saturated rings. The fourth-order valence-corrected chi connectivity index (χ4v) is 4.17. The van der Waals surface area contributed by atoms with E-state index >= 15 is 0 Å². The van der Waals surface area contributed by atoms with Gasteiger partial charge in [0, 0.05) is 5.56 Å². The minimum absolute atomic E-state index is 0.142. The van der Waals surface area contributed by atoms with Gasteiger partial charge in [-0.05, 0) is 46.2 Å². The normalized spacial score (nSPS) is 19.4. The van der Waals surface area contributed by atoms with E-state index in [2.05, 4.69) is 10.3 Å². The maximum atomic E-state index is 14.9. The zero-order valence-electron chi connectivity index (χ0n) is 17.7. The molecule has 3 rings (SSSR count). The summed E-state index contributed by atoms with van der Waals surface area (Å²) in [6, 6.07) is 11.7. The molecule has 0 aromatic heterocycles. The van der Waals surface area contributed by atoms with Crippen molar-refractivity contribution in [3.05, 3.63) is 64.7 Å². The van der Waals surface area contributed by atoms with Crippen LogP contribution in [-0.4, -0.2) is 36.3 Å². The van der Waals surface area contributed by atoms with Gasteiger partial charge in [-0.25, -0.2) is 0 Å². The number of aliphatic imine (C=N–C) groups is 1. The van der Waals surface area contributed by atoms with Crippen LogP contribution in [0.4, 0.5) is 18.9 Å². The van der Waals surface area contributed by atoms with Crippen LogP contribution in [0.15, 0.2) is 47.5 Å². The van der Waals surface area contributed by atoms with E-state index in [-0.39, 0.29) is 11.1 Å². The first kappa shape index (κ1) is 21.4. The van der Waals surface area contributed by atoms with Crippen LogP contribution >= 0.6 is 0 Å². The zero-order chi connectivity index (χ0) is 21.4. The Balaban J connectivity index is 2.42. The average molecular weight is 405 g/mol. The Morgan fingerprint density at radius 1 is 0.897 bits per heavy atom. The van der Waals surface area contributed by atoms with Crippen LogP contribution in [0.5, 0.6) is 0 Å². The molecule has 0 bridgehead atoms. The topological polar surface area (TPSA) is 24.4 Å². The summed E-state index contributed by atoms with van der Waals surface area (Å²) in [6.07, 6.45) is -4.59. The first-order valence-corrected chi connectivity index (χ1v) is 10.1. The number of anilines is 1. The lowest BCUT2D eigenvalue weighted by Gasteiger charge is -2.43.